The maximum absolute atomic E-state index is 13.7. The molecule has 5 nitrogen and oxygen atoms in total. The number of rotatable bonds is 2. The standard InChI is InChI=1S/C27H25N3O2/c1-17-9-11-19(12-10-17)21-14-23-26(25(32)15-21)27(20-6-5-13-28-16-20)30(18(2)31)24-8-4-3-7-22(24)29-23/h3-13,16,21,26-27H,14-15H2,1-2H3/t21-,26?,27-/m0/s1. The number of pyridine rings is 1. The number of aryl methyl sites for hydroxylation is 1. The van der Waals surface area contributed by atoms with Crippen molar-refractivity contribution in [1.82, 2.24) is 4.98 Å². The van der Waals surface area contributed by atoms with E-state index in [1.54, 1.807) is 24.2 Å². The molecule has 2 heterocycles. The van der Waals surface area contributed by atoms with Crippen molar-refractivity contribution < 1.29 is 9.59 Å². The van der Waals surface area contributed by atoms with E-state index in [1.807, 2.05) is 36.4 Å². The van der Waals surface area contributed by atoms with Gasteiger partial charge < -0.3 is 4.90 Å². The highest BCUT2D eigenvalue weighted by molar-refractivity contribution is 6.13. The van der Waals surface area contributed by atoms with E-state index in [4.69, 9.17) is 4.99 Å². The summed E-state index contributed by atoms with van der Waals surface area (Å²) in [5, 5.41) is 0. The molecule has 2 aliphatic rings. The molecule has 0 spiro atoms. The first-order chi connectivity index (χ1) is 15.5. The minimum absolute atomic E-state index is 0.0867. The molecule has 0 saturated heterocycles. The molecule has 3 atom stereocenters. The molecule has 1 aromatic heterocycles. The molecule has 0 N–H and O–H groups in total. The Labute approximate surface area is 187 Å². The van der Waals surface area contributed by atoms with Crippen LogP contribution in [0.1, 0.15) is 48.4 Å². The number of aromatic nitrogens is 1. The van der Waals surface area contributed by atoms with Crippen LogP contribution in [0.15, 0.2) is 78.0 Å². The molecule has 1 aliphatic carbocycles. The lowest BCUT2D eigenvalue weighted by Crippen LogP contribution is -2.45. The number of anilines is 1. The second-order valence-corrected chi connectivity index (χ2v) is 8.67. The summed E-state index contributed by atoms with van der Waals surface area (Å²) in [6.45, 7) is 3.61. The second-order valence-electron chi connectivity index (χ2n) is 8.67. The monoisotopic (exact) mass is 423 g/mol. The molecule has 5 heteroatoms. The Bertz CT molecular complexity index is 1200. The third-order valence-electron chi connectivity index (χ3n) is 6.52. The smallest absolute Gasteiger partial charge is 0.224 e. The van der Waals surface area contributed by atoms with Crippen LogP contribution in [0.5, 0.6) is 0 Å². The van der Waals surface area contributed by atoms with Crippen molar-refractivity contribution in [3.05, 3.63) is 89.7 Å². The van der Waals surface area contributed by atoms with E-state index in [2.05, 4.69) is 36.2 Å². The fraction of sp³-hybridized carbons (Fsp3) is 0.259. The third-order valence-corrected chi connectivity index (χ3v) is 6.52. The van der Waals surface area contributed by atoms with Crippen molar-refractivity contribution >= 4 is 28.8 Å². The van der Waals surface area contributed by atoms with E-state index >= 15 is 0 Å². The number of ketones is 1. The molecule has 1 fully saturated rings. The molecule has 1 saturated carbocycles. The van der Waals surface area contributed by atoms with Crippen molar-refractivity contribution in [3.8, 4) is 0 Å². The molecule has 3 aromatic rings. The van der Waals surface area contributed by atoms with Crippen LogP contribution in [0.4, 0.5) is 11.4 Å². The number of benzene rings is 2. The summed E-state index contributed by atoms with van der Waals surface area (Å²) >= 11 is 0. The molecule has 1 unspecified atom stereocenters. The summed E-state index contributed by atoms with van der Waals surface area (Å²) < 4.78 is 0. The van der Waals surface area contributed by atoms with Gasteiger partial charge in [0, 0.05) is 31.4 Å². The van der Waals surface area contributed by atoms with Gasteiger partial charge >= 0.3 is 0 Å². The molecule has 0 bridgehead atoms. The molecule has 0 radical (unpaired) electrons. The van der Waals surface area contributed by atoms with E-state index in [-0.39, 0.29) is 17.6 Å². The summed E-state index contributed by atoms with van der Waals surface area (Å²) in [6.07, 6.45) is 4.59. The molecule has 160 valence electrons. The van der Waals surface area contributed by atoms with Crippen molar-refractivity contribution in [2.24, 2.45) is 10.9 Å². The molecule has 1 aliphatic heterocycles. The van der Waals surface area contributed by atoms with E-state index in [9.17, 15) is 9.59 Å². The van der Waals surface area contributed by atoms with Gasteiger partial charge in [-0.3, -0.25) is 19.6 Å². The Morgan fingerprint density at radius 1 is 0.969 bits per heavy atom. The van der Waals surface area contributed by atoms with Crippen LogP contribution in [0, 0.1) is 12.8 Å². The minimum atomic E-state index is -0.489. The van der Waals surface area contributed by atoms with Gasteiger partial charge in [-0.15, -0.1) is 0 Å². The first-order valence-electron chi connectivity index (χ1n) is 11.0. The van der Waals surface area contributed by atoms with Crippen LogP contribution in [-0.2, 0) is 9.59 Å². The number of carbonyl (C=O) groups is 2. The average Bonchev–Trinajstić information content (AvgIpc) is 2.94. The van der Waals surface area contributed by atoms with Crippen LogP contribution in [0.3, 0.4) is 0 Å². The number of Topliss-reactive ketones (excluding diaryl/α,β-unsaturated/α-hetero) is 1. The quantitative estimate of drug-likeness (QED) is 0.559. The van der Waals surface area contributed by atoms with Gasteiger partial charge in [0.05, 0.1) is 23.3 Å². The Balaban J connectivity index is 1.66. The van der Waals surface area contributed by atoms with Crippen LogP contribution in [-0.4, -0.2) is 22.4 Å². The number of nitrogens with zero attached hydrogens (tertiary/aromatic N) is 3. The number of fused-ring (bicyclic) bond motifs is 2. The maximum atomic E-state index is 13.7. The number of hydrogen-bond acceptors (Lipinski definition) is 4. The number of aliphatic imine (C=N–C) groups is 1. The summed E-state index contributed by atoms with van der Waals surface area (Å²) in [5.41, 5.74) is 5.50. The largest absolute Gasteiger partial charge is 0.302 e. The normalized spacial score (nSPS) is 22.4. The number of carbonyl (C=O) groups excluding carboxylic acids is 2. The van der Waals surface area contributed by atoms with Crippen molar-refractivity contribution in [2.75, 3.05) is 4.90 Å². The Kier molecular flexibility index (Phi) is 5.17. The van der Waals surface area contributed by atoms with Gasteiger partial charge in [0.15, 0.2) is 0 Å². The number of para-hydroxylation sites is 2. The highest BCUT2D eigenvalue weighted by Gasteiger charge is 2.45. The van der Waals surface area contributed by atoms with E-state index in [0.717, 1.165) is 28.2 Å². The molecule has 5 rings (SSSR count). The van der Waals surface area contributed by atoms with Crippen LogP contribution < -0.4 is 4.90 Å². The zero-order chi connectivity index (χ0) is 22.2. The Hall–Kier alpha value is -3.60. The lowest BCUT2D eigenvalue weighted by molar-refractivity contribution is -0.123. The summed E-state index contributed by atoms with van der Waals surface area (Å²) in [6, 6.07) is 19.4. The highest BCUT2D eigenvalue weighted by atomic mass is 16.2. The van der Waals surface area contributed by atoms with Gasteiger partial charge in [0.1, 0.15) is 5.78 Å². The van der Waals surface area contributed by atoms with E-state index in [0.29, 0.717) is 12.8 Å². The SMILES string of the molecule is CC(=O)N1c2ccccc2N=C2C[C@H](c3ccc(C)cc3)CC(=O)C2[C@@H]1c1cccnc1. The second kappa shape index (κ2) is 8.15. The van der Waals surface area contributed by atoms with Crippen LogP contribution in [0.2, 0.25) is 0 Å². The lowest BCUT2D eigenvalue weighted by atomic mass is 9.72. The first kappa shape index (κ1) is 20.3. The number of hydrogen-bond donors (Lipinski definition) is 0. The van der Waals surface area contributed by atoms with Crippen LogP contribution in [0.25, 0.3) is 0 Å². The Morgan fingerprint density at radius 3 is 2.47 bits per heavy atom. The van der Waals surface area contributed by atoms with Crippen molar-refractivity contribution in [1.29, 1.82) is 0 Å². The first-order valence-corrected chi connectivity index (χ1v) is 11.0. The molecular weight excluding hydrogens is 398 g/mol. The molecule has 1 amide bonds. The van der Waals surface area contributed by atoms with Gasteiger partial charge in [-0.1, -0.05) is 48.0 Å². The van der Waals surface area contributed by atoms with Crippen molar-refractivity contribution in [3.63, 3.8) is 0 Å². The van der Waals surface area contributed by atoms with Crippen molar-refractivity contribution in [2.45, 2.75) is 38.6 Å². The topological polar surface area (TPSA) is 62.6 Å². The lowest BCUT2D eigenvalue weighted by Gasteiger charge is -2.38. The predicted octanol–water partition coefficient (Wildman–Crippen LogP) is 5.33. The van der Waals surface area contributed by atoms with Gasteiger partial charge in [-0.05, 0) is 48.6 Å². The molecule has 32 heavy (non-hydrogen) atoms. The minimum Gasteiger partial charge on any atom is -0.302 e. The van der Waals surface area contributed by atoms with Gasteiger partial charge in [-0.25, -0.2) is 0 Å². The van der Waals surface area contributed by atoms with E-state index in [1.165, 1.54) is 5.56 Å². The van der Waals surface area contributed by atoms with E-state index < -0.39 is 12.0 Å². The zero-order valence-electron chi connectivity index (χ0n) is 18.2. The van der Waals surface area contributed by atoms with Crippen LogP contribution >= 0.6 is 0 Å². The van der Waals surface area contributed by atoms with Gasteiger partial charge in [0.25, 0.3) is 0 Å². The molecular formula is C27H25N3O2. The fourth-order valence-corrected chi connectivity index (χ4v) is 5.03. The number of amides is 1. The summed E-state index contributed by atoms with van der Waals surface area (Å²) in [5.74, 6) is -0.398. The summed E-state index contributed by atoms with van der Waals surface area (Å²) in [4.78, 5) is 37.6. The summed E-state index contributed by atoms with van der Waals surface area (Å²) in [7, 11) is 0. The Morgan fingerprint density at radius 2 is 1.75 bits per heavy atom. The third kappa shape index (κ3) is 3.54. The van der Waals surface area contributed by atoms with Gasteiger partial charge in [0.2, 0.25) is 5.91 Å². The average molecular weight is 424 g/mol. The zero-order valence-corrected chi connectivity index (χ0v) is 18.2. The predicted molar refractivity (Wildman–Crippen MR) is 125 cm³/mol. The molecule has 2 aromatic carbocycles. The highest BCUT2D eigenvalue weighted by Crippen LogP contribution is 2.47. The fourth-order valence-electron chi connectivity index (χ4n) is 5.03. The maximum Gasteiger partial charge on any atom is 0.224 e. The van der Waals surface area contributed by atoms with Gasteiger partial charge in [-0.2, -0.15) is 0 Å².